The molecule has 0 spiro atoms. The number of aromatic nitrogens is 3. The SMILES string of the molecule is Cn1c(=O)c2ccc(C(=O)NCCNC(=O)c3cccs3)nc2n(C)c1=O. The Morgan fingerprint density at radius 2 is 1.74 bits per heavy atom. The lowest BCUT2D eigenvalue weighted by atomic mass is 10.2. The van der Waals surface area contributed by atoms with Gasteiger partial charge in [-0.15, -0.1) is 11.3 Å². The van der Waals surface area contributed by atoms with Crippen LogP contribution in [0.3, 0.4) is 0 Å². The smallest absolute Gasteiger partial charge is 0.332 e. The molecule has 0 aliphatic rings. The maximum Gasteiger partial charge on any atom is 0.332 e. The Kier molecular flexibility index (Phi) is 5.17. The molecule has 0 atom stereocenters. The van der Waals surface area contributed by atoms with E-state index in [4.69, 9.17) is 0 Å². The highest BCUT2D eigenvalue weighted by Gasteiger charge is 2.13. The largest absolute Gasteiger partial charge is 0.350 e. The Bertz CT molecular complexity index is 1130. The van der Waals surface area contributed by atoms with Crippen LogP contribution in [-0.4, -0.2) is 39.0 Å². The van der Waals surface area contributed by atoms with Gasteiger partial charge < -0.3 is 10.6 Å². The first-order valence-electron chi connectivity index (χ1n) is 8.07. The Morgan fingerprint density at radius 1 is 1.04 bits per heavy atom. The molecular weight excluding hydrogens is 370 g/mol. The molecule has 2 N–H and O–H groups in total. The Balaban J connectivity index is 1.68. The van der Waals surface area contributed by atoms with Crippen molar-refractivity contribution in [3.05, 3.63) is 61.1 Å². The van der Waals surface area contributed by atoms with E-state index in [1.165, 1.54) is 42.1 Å². The number of thiophene rings is 1. The lowest BCUT2D eigenvalue weighted by Crippen LogP contribution is -2.38. The molecular formula is C17H17N5O4S. The Morgan fingerprint density at radius 3 is 2.41 bits per heavy atom. The number of nitrogens with zero attached hydrogens (tertiary/aromatic N) is 3. The molecule has 0 aromatic carbocycles. The van der Waals surface area contributed by atoms with E-state index in [2.05, 4.69) is 15.6 Å². The van der Waals surface area contributed by atoms with E-state index < -0.39 is 17.2 Å². The van der Waals surface area contributed by atoms with Gasteiger partial charge in [0.2, 0.25) is 0 Å². The molecule has 3 rings (SSSR count). The summed E-state index contributed by atoms with van der Waals surface area (Å²) in [4.78, 5) is 52.9. The maximum atomic E-state index is 12.3. The van der Waals surface area contributed by atoms with Gasteiger partial charge in [-0.25, -0.2) is 9.78 Å². The van der Waals surface area contributed by atoms with Crippen LogP contribution in [0.4, 0.5) is 0 Å². The van der Waals surface area contributed by atoms with Gasteiger partial charge in [-0.3, -0.25) is 23.5 Å². The number of aryl methyl sites for hydroxylation is 1. The van der Waals surface area contributed by atoms with Crippen molar-refractivity contribution in [1.82, 2.24) is 24.8 Å². The van der Waals surface area contributed by atoms with E-state index in [-0.39, 0.29) is 35.7 Å². The van der Waals surface area contributed by atoms with Gasteiger partial charge in [0.05, 0.1) is 10.3 Å². The van der Waals surface area contributed by atoms with E-state index in [1.807, 2.05) is 5.38 Å². The molecule has 0 saturated carbocycles. The summed E-state index contributed by atoms with van der Waals surface area (Å²) in [6.07, 6.45) is 0. The van der Waals surface area contributed by atoms with Gasteiger partial charge in [-0.2, -0.15) is 0 Å². The van der Waals surface area contributed by atoms with Gasteiger partial charge in [-0.1, -0.05) is 6.07 Å². The molecule has 0 aliphatic heterocycles. The van der Waals surface area contributed by atoms with Crippen LogP contribution < -0.4 is 21.9 Å². The van der Waals surface area contributed by atoms with Gasteiger partial charge in [0, 0.05) is 27.2 Å². The van der Waals surface area contributed by atoms with Crippen molar-refractivity contribution in [2.75, 3.05) is 13.1 Å². The molecule has 0 unspecified atom stereocenters. The molecule has 0 saturated heterocycles. The summed E-state index contributed by atoms with van der Waals surface area (Å²) in [5.41, 5.74) is -0.769. The fraction of sp³-hybridized carbons (Fsp3) is 0.235. The molecule has 3 aromatic rings. The summed E-state index contributed by atoms with van der Waals surface area (Å²) in [7, 11) is 2.87. The van der Waals surface area contributed by atoms with Crippen molar-refractivity contribution < 1.29 is 9.59 Å². The van der Waals surface area contributed by atoms with Crippen LogP contribution in [0, 0.1) is 0 Å². The van der Waals surface area contributed by atoms with E-state index in [0.29, 0.717) is 4.88 Å². The van der Waals surface area contributed by atoms with Crippen molar-refractivity contribution in [2.24, 2.45) is 14.1 Å². The first-order valence-corrected chi connectivity index (χ1v) is 8.95. The molecule has 9 nitrogen and oxygen atoms in total. The minimum absolute atomic E-state index is 0.0790. The van der Waals surface area contributed by atoms with E-state index in [9.17, 15) is 19.2 Å². The molecule has 3 heterocycles. The van der Waals surface area contributed by atoms with Crippen molar-refractivity contribution in [1.29, 1.82) is 0 Å². The zero-order chi connectivity index (χ0) is 19.6. The zero-order valence-corrected chi connectivity index (χ0v) is 15.5. The average Bonchev–Trinajstić information content (AvgIpc) is 3.22. The summed E-state index contributed by atoms with van der Waals surface area (Å²) in [5.74, 6) is -0.663. The van der Waals surface area contributed by atoms with Gasteiger partial charge in [0.25, 0.3) is 17.4 Å². The average molecular weight is 387 g/mol. The zero-order valence-electron chi connectivity index (χ0n) is 14.7. The van der Waals surface area contributed by atoms with Crippen molar-refractivity contribution >= 4 is 34.2 Å². The molecule has 140 valence electrons. The molecule has 0 fully saturated rings. The number of fused-ring (bicyclic) bond motifs is 1. The van der Waals surface area contributed by atoms with E-state index in [1.54, 1.807) is 12.1 Å². The minimum atomic E-state index is -0.520. The fourth-order valence-electron chi connectivity index (χ4n) is 2.52. The Hall–Kier alpha value is -3.27. The normalized spacial score (nSPS) is 10.7. The second-order valence-electron chi connectivity index (χ2n) is 5.76. The molecule has 10 heteroatoms. The maximum absolute atomic E-state index is 12.3. The van der Waals surface area contributed by atoms with Crippen LogP contribution in [0.1, 0.15) is 20.2 Å². The molecule has 3 aromatic heterocycles. The third-order valence-corrected chi connectivity index (χ3v) is 4.84. The Labute approximate surface area is 157 Å². The monoisotopic (exact) mass is 387 g/mol. The second kappa shape index (κ2) is 7.54. The van der Waals surface area contributed by atoms with Crippen molar-refractivity contribution in [2.45, 2.75) is 0 Å². The van der Waals surface area contributed by atoms with Crippen LogP contribution in [0.5, 0.6) is 0 Å². The number of rotatable bonds is 5. The second-order valence-corrected chi connectivity index (χ2v) is 6.71. The third-order valence-electron chi connectivity index (χ3n) is 3.98. The number of carbonyl (C=O) groups is 2. The molecule has 0 aliphatic carbocycles. The van der Waals surface area contributed by atoms with Crippen molar-refractivity contribution in [3.8, 4) is 0 Å². The van der Waals surface area contributed by atoms with Crippen LogP contribution in [0.15, 0.2) is 39.2 Å². The fourth-order valence-corrected chi connectivity index (χ4v) is 3.16. The summed E-state index contributed by atoms with van der Waals surface area (Å²) >= 11 is 1.33. The van der Waals surface area contributed by atoms with Crippen LogP contribution in [0.25, 0.3) is 11.0 Å². The van der Waals surface area contributed by atoms with Gasteiger partial charge in [-0.05, 0) is 23.6 Å². The summed E-state index contributed by atoms with van der Waals surface area (Å²) < 4.78 is 2.20. The molecule has 2 amide bonds. The van der Waals surface area contributed by atoms with Crippen LogP contribution in [0.2, 0.25) is 0 Å². The first kappa shape index (κ1) is 18.5. The number of carbonyl (C=O) groups excluding carboxylic acids is 2. The number of amides is 2. The van der Waals surface area contributed by atoms with Crippen LogP contribution >= 0.6 is 11.3 Å². The highest BCUT2D eigenvalue weighted by atomic mass is 32.1. The molecule has 0 bridgehead atoms. The number of hydrogen-bond donors (Lipinski definition) is 2. The standard InChI is InChI=1S/C17H17N5O4S/c1-21-13-10(16(25)22(2)17(21)26)5-6-11(20-13)14(23)18-7-8-19-15(24)12-4-3-9-27-12/h3-6,9H,7-8H2,1-2H3,(H,18,23)(H,19,24). The topological polar surface area (TPSA) is 115 Å². The van der Waals surface area contributed by atoms with Gasteiger partial charge in [0.1, 0.15) is 11.3 Å². The summed E-state index contributed by atoms with van der Waals surface area (Å²) in [6, 6.07) is 6.39. The predicted octanol–water partition coefficient (Wildman–Crippen LogP) is -0.146. The third kappa shape index (κ3) is 3.65. The number of hydrogen-bond acceptors (Lipinski definition) is 6. The summed E-state index contributed by atoms with van der Waals surface area (Å²) in [6.45, 7) is 0.472. The summed E-state index contributed by atoms with van der Waals surface area (Å²) in [5, 5.41) is 7.40. The predicted molar refractivity (Wildman–Crippen MR) is 101 cm³/mol. The van der Waals surface area contributed by atoms with Crippen LogP contribution in [-0.2, 0) is 14.1 Å². The number of nitrogens with one attached hydrogen (secondary N) is 2. The highest BCUT2D eigenvalue weighted by molar-refractivity contribution is 7.12. The lowest BCUT2D eigenvalue weighted by molar-refractivity contribution is 0.0927. The van der Waals surface area contributed by atoms with Crippen molar-refractivity contribution in [3.63, 3.8) is 0 Å². The highest BCUT2D eigenvalue weighted by Crippen LogP contribution is 2.07. The van der Waals surface area contributed by atoms with E-state index >= 15 is 0 Å². The van der Waals surface area contributed by atoms with Gasteiger partial charge in [0.15, 0.2) is 0 Å². The van der Waals surface area contributed by atoms with E-state index in [0.717, 1.165) is 4.57 Å². The quantitative estimate of drug-likeness (QED) is 0.591. The lowest BCUT2D eigenvalue weighted by Gasteiger charge is -2.09. The molecule has 27 heavy (non-hydrogen) atoms. The first-order chi connectivity index (χ1) is 12.9. The minimum Gasteiger partial charge on any atom is -0.350 e. The van der Waals surface area contributed by atoms with Gasteiger partial charge >= 0.3 is 5.69 Å². The number of pyridine rings is 1. The molecule has 0 radical (unpaired) electrons.